The van der Waals surface area contributed by atoms with Gasteiger partial charge in [0.2, 0.25) is 0 Å². The van der Waals surface area contributed by atoms with E-state index in [0.717, 1.165) is 22.9 Å². The number of aromatic nitrogens is 1. The van der Waals surface area contributed by atoms with Crippen molar-refractivity contribution in [3.8, 4) is 0 Å². The van der Waals surface area contributed by atoms with Crippen LogP contribution in [0.3, 0.4) is 0 Å². The van der Waals surface area contributed by atoms with E-state index >= 15 is 0 Å². The van der Waals surface area contributed by atoms with Gasteiger partial charge in [0.25, 0.3) is 0 Å². The van der Waals surface area contributed by atoms with Crippen molar-refractivity contribution >= 4 is 16.9 Å². The summed E-state index contributed by atoms with van der Waals surface area (Å²) in [5, 5.41) is 13.4. The molecule has 1 aromatic carbocycles. The van der Waals surface area contributed by atoms with Crippen LogP contribution >= 0.6 is 0 Å². The number of para-hydroxylation sites is 1. The summed E-state index contributed by atoms with van der Waals surface area (Å²) in [6.07, 6.45) is 2.52. The Morgan fingerprint density at radius 1 is 1.33 bits per heavy atom. The van der Waals surface area contributed by atoms with E-state index < -0.39 is 12.1 Å². The number of carboxylic acid groups (broad SMARTS) is 1. The highest BCUT2D eigenvalue weighted by atomic mass is 16.5. The zero-order chi connectivity index (χ0) is 14.7. The lowest BCUT2D eigenvalue weighted by Gasteiger charge is -2.13. The molecule has 110 valence electrons. The highest BCUT2D eigenvalue weighted by Gasteiger charge is 2.29. The van der Waals surface area contributed by atoms with Crippen LogP contribution in [0.15, 0.2) is 36.5 Å². The molecule has 1 aliphatic rings. The Morgan fingerprint density at radius 2 is 2.19 bits per heavy atom. The largest absolute Gasteiger partial charge is 0.479 e. The smallest absolute Gasteiger partial charge is 0.332 e. The summed E-state index contributed by atoms with van der Waals surface area (Å²) in [5.74, 6) is -0.865. The van der Waals surface area contributed by atoms with Gasteiger partial charge in [-0.05, 0) is 24.5 Å². The van der Waals surface area contributed by atoms with Gasteiger partial charge in [-0.2, -0.15) is 0 Å². The van der Waals surface area contributed by atoms with Crippen molar-refractivity contribution in [3.05, 3.63) is 42.1 Å². The van der Waals surface area contributed by atoms with Crippen molar-refractivity contribution in [1.82, 2.24) is 10.3 Å². The number of carboxylic acids is 1. The Labute approximate surface area is 123 Å². The molecule has 0 saturated carbocycles. The van der Waals surface area contributed by atoms with E-state index in [-0.39, 0.29) is 6.10 Å². The van der Waals surface area contributed by atoms with Crippen molar-refractivity contribution in [1.29, 1.82) is 0 Å². The molecule has 0 spiro atoms. The topological polar surface area (TPSA) is 71.5 Å². The molecule has 1 aliphatic heterocycles. The standard InChI is InChI=1S/C16H18N2O3/c19-16(20)14-7-6-13(21-14)10-17-9-12-4-1-3-11-5-2-8-18-15(11)12/h1-5,8,13-14,17H,6-7,9-10H2,(H,19,20). The third kappa shape index (κ3) is 3.20. The second-order valence-corrected chi connectivity index (χ2v) is 5.29. The fourth-order valence-electron chi connectivity index (χ4n) is 2.72. The van der Waals surface area contributed by atoms with Gasteiger partial charge in [-0.15, -0.1) is 0 Å². The summed E-state index contributed by atoms with van der Waals surface area (Å²) in [5.41, 5.74) is 2.14. The molecule has 2 unspecified atom stereocenters. The molecular weight excluding hydrogens is 268 g/mol. The molecular formula is C16H18N2O3. The average molecular weight is 286 g/mol. The van der Waals surface area contributed by atoms with Crippen LogP contribution in [0, 0.1) is 0 Å². The zero-order valence-corrected chi connectivity index (χ0v) is 11.7. The van der Waals surface area contributed by atoms with Crippen LogP contribution in [0.25, 0.3) is 10.9 Å². The molecule has 2 heterocycles. The van der Waals surface area contributed by atoms with Gasteiger partial charge in [0.1, 0.15) is 0 Å². The number of hydrogen-bond donors (Lipinski definition) is 2. The molecule has 5 nitrogen and oxygen atoms in total. The van der Waals surface area contributed by atoms with Crippen molar-refractivity contribution in [2.75, 3.05) is 6.54 Å². The third-order valence-electron chi connectivity index (χ3n) is 3.79. The third-order valence-corrected chi connectivity index (χ3v) is 3.79. The molecule has 1 aromatic heterocycles. The summed E-state index contributed by atoms with van der Waals surface area (Å²) in [4.78, 5) is 15.3. The van der Waals surface area contributed by atoms with Crippen LogP contribution in [0.4, 0.5) is 0 Å². The fraction of sp³-hybridized carbons (Fsp3) is 0.375. The minimum absolute atomic E-state index is 0.0194. The van der Waals surface area contributed by atoms with Crippen molar-refractivity contribution < 1.29 is 14.6 Å². The molecule has 3 rings (SSSR count). The summed E-state index contributed by atoms with van der Waals surface area (Å²) in [6, 6.07) is 10.1. The fourth-order valence-corrected chi connectivity index (χ4v) is 2.72. The number of hydrogen-bond acceptors (Lipinski definition) is 4. The van der Waals surface area contributed by atoms with Crippen LogP contribution in [-0.4, -0.2) is 34.8 Å². The SMILES string of the molecule is O=C(O)C1CCC(CNCc2cccc3cccnc23)O1. The van der Waals surface area contributed by atoms with Crippen LogP contribution < -0.4 is 5.32 Å². The minimum Gasteiger partial charge on any atom is -0.479 e. The van der Waals surface area contributed by atoms with E-state index in [4.69, 9.17) is 9.84 Å². The highest BCUT2D eigenvalue weighted by Crippen LogP contribution is 2.20. The molecule has 2 aromatic rings. The Balaban J connectivity index is 1.57. The first-order valence-corrected chi connectivity index (χ1v) is 7.15. The van der Waals surface area contributed by atoms with Crippen molar-refractivity contribution in [3.63, 3.8) is 0 Å². The van der Waals surface area contributed by atoms with Crippen LogP contribution in [-0.2, 0) is 16.1 Å². The maximum absolute atomic E-state index is 10.8. The quantitative estimate of drug-likeness (QED) is 0.879. The first-order valence-electron chi connectivity index (χ1n) is 7.15. The van der Waals surface area contributed by atoms with Crippen LogP contribution in [0.5, 0.6) is 0 Å². The number of fused-ring (bicyclic) bond motifs is 1. The molecule has 2 atom stereocenters. The van der Waals surface area contributed by atoms with Gasteiger partial charge >= 0.3 is 5.97 Å². The Morgan fingerprint density at radius 3 is 3.00 bits per heavy atom. The number of ether oxygens (including phenoxy) is 1. The van der Waals surface area contributed by atoms with Gasteiger partial charge < -0.3 is 15.2 Å². The Bertz CT molecular complexity index is 639. The number of pyridine rings is 1. The first-order chi connectivity index (χ1) is 10.2. The van der Waals surface area contributed by atoms with E-state index in [1.807, 2.05) is 24.3 Å². The van der Waals surface area contributed by atoms with Gasteiger partial charge in [0.15, 0.2) is 6.10 Å². The lowest BCUT2D eigenvalue weighted by molar-refractivity contribution is -0.149. The van der Waals surface area contributed by atoms with Gasteiger partial charge in [-0.25, -0.2) is 4.79 Å². The summed E-state index contributed by atoms with van der Waals surface area (Å²) in [6.45, 7) is 1.36. The van der Waals surface area contributed by atoms with Crippen LogP contribution in [0.2, 0.25) is 0 Å². The van der Waals surface area contributed by atoms with E-state index in [1.165, 1.54) is 0 Å². The number of benzene rings is 1. The highest BCUT2D eigenvalue weighted by molar-refractivity contribution is 5.81. The average Bonchev–Trinajstić information content (AvgIpc) is 2.97. The lowest BCUT2D eigenvalue weighted by atomic mass is 10.1. The normalized spacial score (nSPS) is 21.7. The molecule has 2 N–H and O–H groups in total. The van der Waals surface area contributed by atoms with Gasteiger partial charge in [-0.1, -0.05) is 24.3 Å². The van der Waals surface area contributed by atoms with E-state index in [2.05, 4.69) is 16.4 Å². The maximum atomic E-state index is 10.8. The lowest BCUT2D eigenvalue weighted by Crippen LogP contribution is -2.28. The van der Waals surface area contributed by atoms with Crippen molar-refractivity contribution in [2.24, 2.45) is 0 Å². The second-order valence-electron chi connectivity index (χ2n) is 5.29. The molecule has 5 heteroatoms. The molecule has 1 saturated heterocycles. The molecule has 0 radical (unpaired) electrons. The molecule has 0 bridgehead atoms. The molecule has 0 amide bonds. The number of aliphatic carboxylic acids is 1. The molecule has 0 aliphatic carbocycles. The zero-order valence-electron chi connectivity index (χ0n) is 11.7. The van der Waals surface area contributed by atoms with Gasteiger partial charge in [0.05, 0.1) is 11.6 Å². The van der Waals surface area contributed by atoms with E-state index in [0.29, 0.717) is 19.5 Å². The Kier molecular flexibility index (Phi) is 4.13. The van der Waals surface area contributed by atoms with Gasteiger partial charge in [-0.3, -0.25) is 4.98 Å². The second kappa shape index (κ2) is 6.20. The predicted octanol–water partition coefficient (Wildman–Crippen LogP) is 1.96. The van der Waals surface area contributed by atoms with Crippen LogP contribution in [0.1, 0.15) is 18.4 Å². The van der Waals surface area contributed by atoms with Gasteiger partial charge in [0, 0.05) is 24.7 Å². The monoisotopic (exact) mass is 286 g/mol. The summed E-state index contributed by atoms with van der Waals surface area (Å²) < 4.78 is 5.47. The van der Waals surface area contributed by atoms with E-state index in [1.54, 1.807) is 6.20 Å². The Hall–Kier alpha value is -1.98. The predicted molar refractivity (Wildman–Crippen MR) is 79.0 cm³/mol. The summed E-state index contributed by atoms with van der Waals surface area (Å²) in [7, 11) is 0. The number of carbonyl (C=O) groups is 1. The molecule has 21 heavy (non-hydrogen) atoms. The number of rotatable bonds is 5. The number of nitrogens with zero attached hydrogens (tertiary/aromatic N) is 1. The van der Waals surface area contributed by atoms with Crippen molar-refractivity contribution in [2.45, 2.75) is 31.6 Å². The minimum atomic E-state index is -0.865. The maximum Gasteiger partial charge on any atom is 0.332 e. The number of nitrogens with one attached hydrogen (secondary N) is 1. The summed E-state index contributed by atoms with van der Waals surface area (Å²) >= 11 is 0. The first kappa shape index (κ1) is 14.0. The molecule has 1 fully saturated rings. The van der Waals surface area contributed by atoms with E-state index in [9.17, 15) is 4.79 Å².